The lowest BCUT2D eigenvalue weighted by molar-refractivity contribution is 1.37. The Balaban J connectivity index is 2.70. The van der Waals surface area contributed by atoms with E-state index in [2.05, 4.69) is 9.39 Å². The molecule has 0 bridgehead atoms. The van der Waals surface area contributed by atoms with Crippen LogP contribution in [-0.2, 0) is 0 Å². The van der Waals surface area contributed by atoms with E-state index >= 15 is 0 Å². The monoisotopic (exact) mass is 155 g/mol. The van der Waals surface area contributed by atoms with Gasteiger partial charge in [0.25, 0.3) is 0 Å². The van der Waals surface area contributed by atoms with Crippen LogP contribution in [0.5, 0.6) is 0 Å². The van der Waals surface area contributed by atoms with E-state index in [0.717, 1.165) is 0 Å². The van der Waals surface area contributed by atoms with Crippen molar-refractivity contribution >= 4 is 21.6 Å². The summed E-state index contributed by atoms with van der Waals surface area (Å²) in [5, 5.41) is 8.30. The molecule has 0 atom stereocenters. The van der Waals surface area contributed by atoms with Crippen LogP contribution in [0.1, 0.15) is 6.42 Å². The standard InChI is InChI=1S/C6H9N3S/c1-10(2)5-8-6(9-10)3-4-7/h5H,3H2,1-2H3. The van der Waals surface area contributed by atoms with Gasteiger partial charge in [0, 0.05) is 0 Å². The smallest absolute Gasteiger partial charge is 0.149 e. The van der Waals surface area contributed by atoms with Gasteiger partial charge >= 0.3 is 0 Å². The summed E-state index contributed by atoms with van der Waals surface area (Å²) >= 11 is 0. The summed E-state index contributed by atoms with van der Waals surface area (Å²) in [6, 6.07) is 2.02. The fraction of sp³-hybridized carbons (Fsp3) is 0.500. The van der Waals surface area contributed by atoms with E-state index < -0.39 is 10.2 Å². The summed E-state index contributed by atoms with van der Waals surface area (Å²) in [7, 11) is -0.972. The SMILES string of the molecule is CS1(C)C=NC(CC#N)=N1. The maximum atomic E-state index is 8.30. The van der Waals surface area contributed by atoms with Crippen molar-refractivity contribution in [2.45, 2.75) is 6.42 Å². The van der Waals surface area contributed by atoms with E-state index in [1.807, 2.05) is 24.1 Å². The number of rotatable bonds is 1. The number of nitriles is 1. The molecule has 0 radical (unpaired) electrons. The molecule has 0 aromatic rings. The van der Waals surface area contributed by atoms with Crippen LogP contribution < -0.4 is 0 Å². The van der Waals surface area contributed by atoms with Gasteiger partial charge < -0.3 is 0 Å². The zero-order valence-electron chi connectivity index (χ0n) is 6.03. The number of nitrogens with zero attached hydrogens (tertiary/aromatic N) is 3. The Bertz CT molecular complexity index is 234. The molecule has 3 nitrogen and oxygen atoms in total. The largest absolute Gasteiger partial charge is 0.233 e. The first-order valence-electron chi connectivity index (χ1n) is 2.87. The van der Waals surface area contributed by atoms with Crippen LogP contribution in [0, 0.1) is 11.3 Å². The Morgan fingerprint density at radius 3 is 2.80 bits per heavy atom. The number of aliphatic imine (C=N–C) groups is 1. The highest BCUT2D eigenvalue weighted by atomic mass is 32.3. The second kappa shape index (κ2) is 2.43. The predicted octanol–water partition coefficient (Wildman–Crippen LogP) is 1.32. The molecule has 0 N–H and O–H groups in total. The highest BCUT2D eigenvalue weighted by Gasteiger charge is 2.13. The minimum Gasteiger partial charge on any atom is -0.233 e. The highest BCUT2D eigenvalue weighted by molar-refractivity contribution is 8.42. The molecule has 0 fully saturated rings. The Labute approximate surface area is 61.9 Å². The Morgan fingerprint density at radius 1 is 1.70 bits per heavy atom. The molecule has 1 rings (SSSR count). The van der Waals surface area contributed by atoms with Crippen molar-refractivity contribution in [2.75, 3.05) is 12.5 Å². The van der Waals surface area contributed by atoms with Crippen molar-refractivity contribution in [2.24, 2.45) is 9.39 Å². The van der Waals surface area contributed by atoms with Crippen molar-refractivity contribution in [3.8, 4) is 6.07 Å². The van der Waals surface area contributed by atoms with Crippen molar-refractivity contribution in [1.82, 2.24) is 0 Å². The van der Waals surface area contributed by atoms with Gasteiger partial charge in [-0.3, -0.25) is 0 Å². The van der Waals surface area contributed by atoms with Gasteiger partial charge in [-0.15, -0.1) is 10.2 Å². The van der Waals surface area contributed by atoms with Gasteiger partial charge in [-0.1, -0.05) is 0 Å². The molecule has 1 heterocycles. The van der Waals surface area contributed by atoms with Crippen LogP contribution in [0.3, 0.4) is 0 Å². The van der Waals surface area contributed by atoms with Crippen molar-refractivity contribution < 1.29 is 0 Å². The topological polar surface area (TPSA) is 48.5 Å². The average Bonchev–Trinajstić information content (AvgIpc) is 2.12. The molecule has 4 heteroatoms. The molecular weight excluding hydrogens is 146 g/mol. The normalized spacial score (nSPS) is 23.5. The van der Waals surface area contributed by atoms with Crippen LogP contribution in [0.4, 0.5) is 0 Å². The first kappa shape index (κ1) is 7.29. The fourth-order valence-corrected chi connectivity index (χ4v) is 1.74. The summed E-state index contributed by atoms with van der Waals surface area (Å²) in [5.41, 5.74) is 1.85. The molecule has 0 unspecified atom stereocenters. The molecule has 0 amide bonds. The quantitative estimate of drug-likeness (QED) is 0.563. The minimum absolute atomic E-state index is 0.340. The van der Waals surface area contributed by atoms with Gasteiger partial charge in [-0.25, -0.2) is 9.39 Å². The summed E-state index contributed by atoms with van der Waals surface area (Å²) in [6.07, 6.45) is 4.43. The first-order chi connectivity index (χ1) is 4.64. The van der Waals surface area contributed by atoms with Crippen molar-refractivity contribution in [3.63, 3.8) is 0 Å². The van der Waals surface area contributed by atoms with E-state index in [1.165, 1.54) is 0 Å². The van der Waals surface area contributed by atoms with Crippen LogP contribution in [0.25, 0.3) is 0 Å². The third-order valence-corrected chi connectivity index (χ3v) is 2.34. The molecule has 1 aliphatic heterocycles. The Morgan fingerprint density at radius 2 is 2.40 bits per heavy atom. The number of hydrogen-bond donors (Lipinski definition) is 0. The molecule has 0 saturated heterocycles. The lowest BCUT2D eigenvalue weighted by Crippen LogP contribution is -1.87. The zero-order valence-corrected chi connectivity index (χ0v) is 6.85. The summed E-state index contributed by atoms with van der Waals surface area (Å²) in [5.74, 6) is 0.683. The lowest BCUT2D eigenvalue weighted by Gasteiger charge is -2.13. The average molecular weight is 155 g/mol. The molecule has 0 saturated carbocycles. The van der Waals surface area contributed by atoms with Crippen LogP contribution in [0.15, 0.2) is 9.39 Å². The third kappa shape index (κ3) is 1.58. The number of hydrogen-bond acceptors (Lipinski definition) is 3. The van der Waals surface area contributed by atoms with Gasteiger partial charge in [0.05, 0.1) is 18.0 Å². The van der Waals surface area contributed by atoms with Crippen LogP contribution in [-0.4, -0.2) is 23.9 Å². The van der Waals surface area contributed by atoms with Gasteiger partial charge in [-0.05, 0) is 12.5 Å². The van der Waals surface area contributed by atoms with Crippen LogP contribution >= 0.6 is 10.2 Å². The molecular formula is C6H9N3S. The van der Waals surface area contributed by atoms with E-state index in [0.29, 0.717) is 12.3 Å². The van der Waals surface area contributed by atoms with Crippen molar-refractivity contribution in [3.05, 3.63) is 0 Å². The molecule has 0 aromatic carbocycles. The molecule has 0 aromatic heterocycles. The molecule has 54 valence electrons. The van der Waals surface area contributed by atoms with Crippen LogP contribution in [0.2, 0.25) is 0 Å². The zero-order chi connectivity index (χ0) is 7.61. The van der Waals surface area contributed by atoms with Gasteiger partial charge in [0.2, 0.25) is 0 Å². The van der Waals surface area contributed by atoms with E-state index in [9.17, 15) is 0 Å². The maximum Gasteiger partial charge on any atom is 0.149 e. The molecule has 0 aliphatic carbocycles. The highest BCUT2D eigenvalue weighted by Crippen LogP contribution is 2.41. The molecule has 10 heavy (non-hydrogen) atoms. The third-order valence-electron chi connectivity index (χ3n) is 1.04. The second-order valence-electron chi connectivity index (χ2n) is 2.43. The Kier molecular flexibility index (Phi) is 1.77. The van der Waals surface area contributed by atoms with E-state index in [-0.39, 0.29) is 0 Å². The lowest BCUT2D eigenvalue weighted by atomic mass is 10.4. The van der Waals surface area contributed by atoms with Crippen molar-refractivity contribution in [1.29, 1.82) is 5.26 Å². The van der Waals surface area contributed by atoms with Gasteiger partial charge in [0.1, 0.15) is 5.84 Å². The summed E-state index contributed by atoms with van der Waals surface area (Å²) in [4.78, 5) is 4.02. The maximum absolute atomic E-state index is 8.30. The number of amidine groups is 1. The van der Waals surface area contributed by atoms with E-state index in [1.54, 1.807) is 0 Å². The van der Waals surface area contributed by atoms with E-state index in [4.69, 9.17) is 5.26 Å². The van der Waals surface area contributed by atoms with Gasteiger partial charge in [0.15, 0.2) is 0 Å². The Hall–Kier alpha value is -0.820. The second-order valence-corrected chi connectivity index (χ2v) is 5.52. The summed E-state index contributed by atoms with van der Waals surface area (Å²) in [6.45, 7) is 0. The van der Waals surface area contributed by atoms with Gasteiger partial charge in [-0.2, -0.15) is 5.26 Å². The molecule has 1 aliphatic rings. The first-order valence-corrected chi connectivity index (χ1v) is 5.34. The fourth-order valence-electron chi connectivity index (χ4n) is 0.657. The predicted molar refractivity (Wildman–Crippen MR) is 45.6 cm³/mol. The minimum atomic E-state index is -0.972. The summed E-state index contributed by atoms with van der Waals surface area (Å²) < 4.78 is 4.27. The molecule has 0 spiro atoms.